The van der Waals surface area contributed by atoms with Crippen molar-refractivity contribution in [3.63, 3.8) is 0 Å². The fourth-order valence-corrected chi connectivity index (χ4v) is 1.99. The SMILES string of the molecule is CC/C=C/C/C=C/C/C=C\CCCCCCCC(=O)OC. The number of unbranched alkanes of at least 4 members (excludes halogenated alkanes) is 5. The zero-order valence-corrected chi connectivity index (χ0v) is 13.9. The summed E-state index contributed by atoms with van der Waals surface area (Å²) in [4.78, 5) is 10.9. The van der Waals surface area contributed by atoms with Gasteiger partial charge in [-0.15, -0.1) is 0 Å². The number of carbonyl (C=O) groups is 1. The van der Waals surface area contributed by atoms with Gasteiger partial charge in [0.05, 0.1) is 7.11 Å². The van der Waals surface area contributed by atoms with E-state index in [2.05, 4.69) is 48.1 Å². The molecule has 0 N–H and O–H groups in total. The topological polar surface area (TPSA) is 26.3 Å². The molecule has 2 heteroatoms. The van der Waals surface area contributed by atoms with Crippen LogP contribution in [0.5, 0.6) is 0 Å². The molecule has 0 aliphatic heterocycles. The minimum Gasteiger partial charge on any atom is -0.469 e. The zero-order chi connectivity index (χ0) is 15.6. The van der Waals surface area contributed by atoms with E-state index in [9.17, 15) is 4.79 Å². The first-order valence-electron chi connectivity index (χ1n) is 8.33. The summed E-state index contributed by atoms with van der Waals surface area (Å²) in [5.41, 5.74) is 0. The van der Waals surface area contributed by atoms with E-state index in [1.807, 2.05) is 0 Å². The quantitative estimate of drug-likeness (QED) is 0.245. The third kappa shape index (κ3) is 16.6. The summed E-state index contributed by atoms with van der Waals surface area (Å²) in [5, 5.41) is 0. The van der Waals surface area contributed by atoms with E-state index >= 15 is 0 Å². The van der Waals surface area contributed by atoms with Gasteiger partial charge < -0.3 is 4.74 Å². The van der Waals surface area contributed by atoms with Crippen molar-refractivity contribution in [1.82, 2.24) is 0 Å². The van der Waals surface area contributed by atoms with Crippen molar-refractivity contribution in [1.29, 1.82) is 0 Å². The largest absolute Gasteiger partial charge is 0.469 e. The second-order valence-electron chi connectivity index (χ2n) is 5.18. The van der Waals surface area contributed by atoms with Gasteiger partial charge in [0, 0.05) is 6.42 Å². The minimum atomic E-state index is -0.0869. The molecule has 0 spiro atoms. The lowest BCUT2D eigenvalue weighted by Crippen LogP contribution is -1.98. The van der Waals surface area contributed by atoms with Gasteiger partial charge in [-0.05, 0) is 38.5 Å². The van der Waals surface area contributed by atoms with Gasteiger partial charge in [-0.3, -0.25) is 4.79 Å². The van der Waals surface area contributed by atoms with Crippen LogP contribution >= 0.6 is 0 Å². The molecule has 0 rings (SSSR count). The zero-order valence-electron chi connectivity index (χ0n) is 13.9. The van der Waals surface area contributed by atoms with Gasteiger partial charge >= 0.3 is 5.97 Å². The number of rotatable bonds is 13. The second-order valence-corrected chi connectivity index (χ2v) is 5.18. The Bertz CT molecular complexity index is 314. The lowest BCUT2D eigenvalue weighted by Gasteiger charge is -1.99. The summed E-state index contributed by atoms with van der Waals surface area (Å²) >= 11 is 0. The van der Waals surface area contributed by atoms with Gasteiger partial charge in [-0.2, -0.15) is 0 Å². The highest BCUT2D eigenvalue weighted by Gasteiger charge is 1.98. The van der Waals surface area contributed by atoms with E-state index in [1.54, 1.807) is 0 Å². The maximum absolute atomic E-state index is 10.9. The normalized spacial score (nSPS) is 11.9. The molecule has 0 aliphatic carbocycles. The van der Waals surface area contributed by atoms with Gasteiger partial charge in [0.25, 0.3) is 0 Å². The van der Waals surface area contributed by atoms with Crippen molar-refractivity contribution in [2.45, 2.75) is 71.1 Å². The Morgan fingerprint density at radius 2 is 1.38 bits per heavy atom. The van der Waals surface area contributed by atoms with Crippen LogP contribution in [0.2, 0.25) is 0 Å². The molecule has 120 valence electrons. The first-order chi connectivity index (χ1) is 10.3. The summed E-state index contributed by atoms with van der Waals surface area (Å²) in [6.45, 7) is 2.15. The average Bonchev–Trinajstić information content (AvgIpc) is 2.50. The summed E-state index contributed by atoms with van der Waals surface area (Å²) < 4.78 is 4.61. The molecule has 0 saturated heterocycles. The van der Waals surface area contributed by atoms with E-state index in [1.165, 1.54) is 32.8 Å². The first-order valence-corrected chi connectivity index (χ1v) is 8.33. The van der Waals surface area contributed by atoms with Gasteiger partial charge in [0.15, 0.2) is 0 Å². The van der Waals surface area contributed by atoms with E-state index in [-0.39, 0.29) is 5.97 Å². The number of allylic oxidation sites excluding steroid dienone is 6. The van der Waals surface area contributed by atoms with Crippen LogP contribution in [0.1, 0.15) is 71.1 Å². The Labute approximate surface area is 131 Å². The standard InChI is InChI=1S/C19H32O2/c1-3-4-5-6-7-8-9-10-11-12-13-14-15-16-17-18-19(20)21-2/h4-5,7-8,10-11H,3,6,9,12-18H2,1-2H3/b5-4+,8-7+,11-10-. The van der Waals surface area contributed by atoms with Gasteiger partial charge in [0.1, 0.15) is 0 Å². The van der Waals surface area contributed by atoms with Crippen LogP contribution in [0, 0.1) is 0 Å². The smallest absolute Gasteiger partial charge is 0.305 e. The van der Waals surface area contributed by atoms with E-state index in [0.29, 0.717) is 6.42 Å². The van der Waals surface area contributed by atoms with E-state index < -0.39 is 0 Å². The molecule has 2 nitrogen and oxygen atoms in total. The molecule has 0 fully saturated rings. The van der Waals surface area contributed by atoms with Crippen LogP contribution in [-0.4, -0.2) is 13.1 Å². The number of esters is 1. The van der Waals surface area contributed by atoms with Crippen molar-refractivity contribution >= 4 is 5.97 Å². The molecular weight excluding hydrogens is 260 g/mol. The average molecular weight is 292 g/mol. The fourth-order valence-electron chi connectivity index (χ4n) is 1.99. The molecule has 0 amide bonds. The number of hydrogen-bond acceptors (Lipinski definition) is 2. The third-order valence-corrected chi connectivity index (χ3v) is 3.26. The second kappa shape index (κ2) is 16.7. The van der Waals surface area contributed by atoms with Crippen molar-refractivity contribution in [3.05, 3.63) is 36.5 Å². The molecule has 0 bridgehead atoms. The highest BCUT2D eigenvalue weighted by molar-refractivity contribution is 5.68. The lowest BCUT2D eigenvalue weighted by molar-refractivity contribution is -0.140. The Morgan fingerprint density at radius 3 is 2.05 bits per heavy atom. The third-order valence-electron chi connectivity index (χ3n) is 3.26. The van der Waals surface area contributed by atoms with Crippen LogP contribution in [0.4, 0.5) is 0 Å². The molecule has 0 aromatic carbocycles. The summed E-state index contributed by atoms with van der Waals surface area (Å²) in [5.74, 6) is -0.0869. The molecule has 0 saturated carbocycles. The molecule has 0 aliphatic rings. The van der Waals surface area contributed by atoms with E-state index in [0.717, 1.165) is 32.1 Å². The molecule has 0 aromatic heterocycles. The van der Waals surface area contributed by atoms with Crippen LogP contribution in [-0.2, 0) is 9.53 Å². The highest BCUT2D eigenvalue weighted by atomic mass is 16.5. The van der Waals surface area contributed by atoms with Crippen molar-refractivity contribution in [2.24, 2.45) is 0 Å². The van der Waals surface area contributed by atoms with Gasteiger partial charge in [0.2, 0.25) is 0 Å². The molecule has 0 radical (unpaired) electrons. The Hall–Kier alpha value is -1.31. The maximum Gasteiger partial charge on any atom is 0.305 e. The molecular formula is C19H32O2. The molecule has 21 heavy (non-hydrogen) atoms. The lowest BCUT2D eigenvalue weighted by atomic mass is 10.1. The highest BCUT2D eigenvalue weighted by Crippen LogP contribution is 2.08. The summed E-state index contributed by atoms with van der Waals surface area (Å²) in [6.07, 6.45) is 24.1. The van der Waals surface area contributed by atoms with Gasteiger partial charge in [-0.1, -0.05) is 62.6 Å². The molecule has 0 atom stereocenters. The van der Waals surface area contributed by atoms with Crippen LogP contribution in [0.15, 0.2) is 36.5 Å². The van der Waals surface area contributed by atoms with E-state index in [4.69, 9.17) is 0 Å². The number of methoxy groups -OCH3 is 1. The number of hydrogen-bond donors (Lipinski definition) is 0. The predicted octanol–water partition coefficient (Wildman–Crippen LogP) is 5.75. The Balaban J connectivity index is 3.25. The van der Waals surface area contributed by atoms with Gasteiger partial charge in [-0.25, -0.2) is 0 Å². The molecule has 0 heterocycles. The maximum atomic E-state index is 10.9. The summed E-state index contributed by atoms with van der Waals surface area (Å²) in [6, 6.07) is 0. The number of ether oxygens (including phenoxy) is 1. The summed E-state index contributed by atoms with van der Waals surface area (Å²) in [7, 11) is 1.45. The minimum absolute atomic E-state index is 0.0869. The van der Waals surface area contributed by atoms with Crippen LogP contribution in [0.25, 0.3) is 0 Å². The van der Waals surface area contributed by atoms with Crippen molar-refractivity contribution in [3.8, 4) is 0 Å². The van der Waals surface area contributed by atoms with Crippen molar-refractivity contribution < 1.29 is 9.53 Å². The van der Waals surface area contributed by atoms with Crippen LogP contribution in [0.3, 0.4) is 0 Å². The molecule has 0 aromatic rings. The number of carbonyl (C=O) groups excluding carboxylic acids is 1. The fraction of sp³-hybridized carbons (Fsp3) is 0.632. The molecule has 0 unspecified atom stereocenters. The predicted molar refractivity (Wildman–Crippen MR) is 91.3 cm³/mol. The van der Waals surface area contributed by atoms with Crippen molar-refractivity contribution in [2.75, 3.05) is 7.11 Å². The first kappa shape index (κ1) is 19.7. The van der Waals surface area contributed by atoms with Crippen LogP contribution < -0.4 is 0 Å². The Morgan fingerprint density at radius 1 is 0.810 bits per heavy atom. The Kier molecular flexibility index (Phi) is 15.7. The monoisotopic (exact) mass is 292 g/mol.